The fraction of sp³-hybridized carbons (Fsp3) is 0.222. The van der Waals surface area contributed by atoms with E-state index >= 15 is 0 Å². The smallest absolute Gasteiger partial charge is 0.320 e. The summed E-state index contributed by atoms with van der Waals surface area (Å²) in [5.74, 6) is -0.598. The molecule has 35 heavy (non-hydrogen) atoms. The Labute approximate surface area is 218 Å². The average molecular weight is 555 g/mol. The Hall–Kier alpha value is -3.16. The van der Waals surface area contributed by atoms with Gasteiger partial charge in [-0.2, -0.15) is 5.10 Å². The number of halogens is 2. The van der Waals surface area contributed by atoms with Crippen LogP contribution >= 0.6 is 27.5 Å². The van der Waals surface area contributed by atoms with E-state index in [9.17, 15) is 9.59 Å². The van der Waals surface area contributed by atoms with Crippen LogP contribution < -0.4 is 5.32 Å². The van der Waals surface area contributed by atoms with Crippen molar-refractivity contribution in [3.63, 3.8) is 0 Å². The van der Waals surface area contributed by atoms with Crippen molar-refractivity contribution in [3.05, 3.63) is 99.5 Å². The maximum Gasteiger partial charge on any atom is 0.320 e. The molecule has 1 atom stereocenters. The van der Waals surface area contributed by atoms with E-state index in [1.165, 1.54) is 0 Å². The van der Waals surface area contributed by atoms with Crippen molar-refractivity contribution < 1.29 is 14.3 Å². The Morgan fingerprint density at radius 1 is 1.06 bits per heavy atom. The number of carbonyl (C=O) groups excluding carboxylic acids is 2. The molecule has 0 saturated carbocycles. The summed E-state index contributed by atoms with van der Waals surface area (Å²) in [7, 11) is 0. The van der Waals surface area contributed by atoms with Gasteiger partial charge >= 0.3 is 5.97 Å². The number of nitrogens with zero attached hydrogens (tertiary/aromatic N) is 2. The molecule has 3 aromatic rings. The van der Waals surface area contributed by atoms with Crippen LogP contribution in [-0.2, 0) is 20.7 Å². The van der Waals surface area contributed by atoms with E-state index in [1.54, 1.807) is 24.1 Å². The van der Waals surface area contributed by atoms with Crippen LogP contribution in [0, 0.1) is 5.41 Å². The van der Waals surface area contributed by atoms with Crippen LogP contribution in [0.5, 0.6) is 0 Å². The van der Waals surface area contributed by atoms with Crippen molar-refractivity contribution in [1.29, 1.82) is 0 Å². The van der Waals surface area contributed by atoms with Crippen LogP contribution in [-0.4, -0.2) is 42.3 Å². The fourth-order valence-corrected chi connectivity index (χ4v) is 4.57. The molecule has 0 saturated heterocycles. The molecule has 0 aromatic heterocycles. The van der Waals surface area contributed by atoms with Gasteiger partial charge < -0.3 is 10.1 Å². The Morgan fingerprint density at radius 2 is 1.74 bits per heavy atom. The molecule has 1 heterocycles. The quantitative estimate of drug-likeness (QED) is 0.371. The van der Waals surface area contributed by atoms with E-state index in [-0.39, 0.29) is 31.6 Å². The van der Waals surface area contributed by atoms with Crippen LogP contribution in [0.1, 0.15) is 18.1 Å². The molecule has 0 aliphatic carbocycles. The topological polar surface area (TPSA) is 71.0 Å². The molecule has 1 aliphatic rings. The Kier molecular flexibility index (Phi) is 7.88. The summed E-state index contributed by atoms with van der Waals surface area (Å²) in [4.78, 5) is 26.4. The van der Waals surface area contributed by atoms with Gasteiger partial charge in [-0.3, -0.25) is 14.6 Å². The van der Waals surface area contributed by atoms with Crippen molar-refractivity contribution in [1.82, 2.24) is 5.01 Å². The number of ether oxygens (including phenoxy) is 1. The van der Waals surface area contributed by atoms with Crippen molar-refractivity contribution >= 4 is 50.8 Å². The van der Waals surface area contributed by atoms with Crippen molar-refractivity contribution in [2.24, 2.45) is 10.5 Å². The minimum atomic E-state index is -1.08. The molecule has 8 heteroatoms. The zero-order chi connectivity index (χ0) is 24.8. The predicted octanol–water partition coefficient (Wildman–Crippen LogP) is 5.55. The molecule has 0 bridgehead atoms. The van der Waals surface area contributed by atoms with Crippen LogP contribution in [0.3, 0.4) is 0 Å². The molecule has 4 rings (SSSR count). The van der Waals surface area contributed by atoms with Gasteiger partial charge in [-0.1, -0.05) is 70.0 Å². The Bertz CT molecular complexity index is 1220. The van der Waals surface area contributed by atoms with Gasteiger partial charge in [0.1, 0.15) is 12.0 Å². The minimum absolute atomic E-state index is 0.0108. The lowest BCUT2D eigenvalue weighted by molar-refractivity contribution is -0.151. The van der Waals surface area contributed by atoms with Gasteiger partial charge in [0, 0.05) is 15.2 Å². The fourth-order valence-electron chi connectivity index (χ4n) is 4.18. The molecule has 6 nitrogen and oxygen atoms in total. The second-order valence-corrected chi connectivity index (χ2v) is 9.65. The zero-order valence-electron chi connectivity index (χ0n) is 19.2. The predicted molar refractivity (Wildman–Crippen MR) is 142 cm³/mol. The summed E-state index contributed by atoms with van der Waals surface area (Å²) in [6, 6.07) is 24.3. The first-order valence-corrected chi connectivity index (χ1v) is 12.4. The highest BCUT2D eigenvalue weighted by Crippen LogP contribution is 2.37. The molecule has 1 N–H and O–H groups in total. The van der Waals surface area contributed by atoms with Gasteiger partial charge in [0.2, 0.25) is 5.91 Å². The number of benzene rings is 3. The SMILES string of the molecule is CCOC(=O)C1(Cc2ccccc2)CN(CC(=O)Nc2ccc(Br)cc2)N=C1c1ccc(Cl)cc1. The average Bonchev–Trinajstić information content (AvgIpc) is 3.20. The molecule has 0 radical (unpaired) electrons. The molecule has 1 amide bonds. The highest BCUT2D eigenvalue weighted by atomic mass is 79.9. The van der Waals surface area contributed by atoms with E-state index in [0.29, 0.717) is 22.8 Å². The number of carbonyl (C=O) groups is 2. The van der Waals surface area contributed by atoms with E-state index < -0.39 is 5.41 Å². The summed E-state index contributed by atoms with van der Waals surface area (Å²) in [5.41, 5.74) is 1.90. The van der Waals surface area contributed by atoms with E-state index in [2.05, 4.69) is 21.2 Å². The van der Waals surface area contributed by atoms with Gasteiger partial charge in [-0.15, -0.1) is 0 Å². The standard InChI is InChI=1S/C27H25BrClN3O3/c1-2-35-26(34)27(16-19-6-4-3-5-7-19)18-32(31-25(27)20-8-12-22(29)13-9-20)17-24(33)30-23-14-10-21(28)11-15-23/h3-15H,2,16-18H2,1H3,(H,30,33). The highest BCUT2D eigenvalue weighted by Gasteiger charge is 2.51. The van der Waals surface area contributed by atoms with E-state index in [4.69, 9.17) is 21.4 Å². The number of anilines is 1. The summed E-state index contributed by atoms with van der Waals surface area (Å²) in [5, 5.41) is 9.88. The van der Waals surface area contributed by atoms with Crippen LogP contribution in [0.2, 0.25) is 5.02 Å². The Morgan fingerprint density at radius 3 is 2.40 bits per heavy atom. The third-order valence-electron chi connectivity index (χ3n) is 5.73. The summed E-state index contributed by atoms with van der Waals surface area (Å²) in [6.45, 7) is 2.23. The van der Waals surface area contributed by atoms with E-state index in [0.717, 1.165) is 15.6 Å². The maximum atomic E-state index is 13.5. The zero-order valence-corrected chi connectivity index (χ0v) is 21.6. The van der Waals surface area contributed by atoms with E-state index in [1.807, 2.05) is 66.7 Å². The number of esters is 1. The molecule has 180 valence electrons. The normalized spacial score (nSPS) is 17.1. The third-order valence-corrected chi connectivity index (χ3v) is 6.51. The second kappa shape index (κ2) is 11.1. The van der Waals surface area contributed by atoms with Gasteiger partial charge in [0.25, 0.3) is 0 Å². The second-order valence-electron chi connectivity index (χ2n) is 8.30. The lowest BCUT2D eigenvalue weighted by Crippen LogP contribution is -2.46. The third kappa shape index (κ3) is 5.92. The van der Waals surface area contributed by atoms with Crippen LogP contribution in [0.4, 0.5) is 5.69 Å². The largest absolute Gasteiger partial charge is 0.465 e. The first kappa shape index (κ1) is 24.9. The van der Waals surface area contributed by atoms with Gasteiger partial charge in [-0.25, -0.2) is 0 Å². The number of hydrazone groups is 1. The maximum absolute atomic E-state index is 13.5. The number of rotatable bonds is 8. The van der Waals surface area contributed by atoms with Crippen molar-refractivity contribution in [3.8, 4) is 0 Å². The van der Waals surface area contributed by atoms with Crippen LogP contribution in [0.15, 0.2) is 88.4 Å². The van der Waals surface area contributed by atoms with Gasteiger partial charge in [0.15, 0.2) is 0 Å². The summed E-state index contributed by atoms with van der Waals surface area (Å²) < 4.78 is 6.48. The molecular formula is C27H25BrClN3O3. The first-order valence-electron chi connectivity index (χ1n) is 11.3. The lowest BCUT2D eigenvalue weighted by atomic mass is 9.75. The van der Waals surface area contributed by atoms with Gasteiger partial charge in [0.05, 0.1) is 18.9 Å². The number of amides is 1. The highest BCUT2D eigenvalue weighted by molar-refractivity contribution is 9.10. The monoisotopic (exact) mass is 553 g/mol. The molecule has 1 aliphatic heterocycles. The molecule has 0 spiro atoms. The lowest BCUT2D eigenvalue weighted by Gasteiger charge is -2.29. The number of nitrogens with one attached hydrogen (secondary N) is 1. The van der Waals surface area contributed by atoms with Crippen molar-refractivity contribution in [2.75, 3.05) is 25.0 Å². The number of hydrogen-bond donors (Lipinski definition) is 1. The molecular weight excluding hydrogens is 530 g/mol. The van der Waals surface area contributed by atoms with Crippen LogP contribution in [0.25, 0.3) is 0 Å². The minimum Gasteiger partial charge on any atom is -0.465 e. The summed E-state index contributed by atoms with van der Waals surface area (Å²) in [6.07, 6.45) is 0.388. The molecule has 3 aromatic carbocycles. The van der Waals surface area contributed by atoms with Crippen molar-refractivity contribution in [2.45, 2.75) is 13.3 Å². The first-order chi connectivity index (χ1) is 16.9. The molecule has 0 fully saturated rings. The summed E-state index contributed by atoms with van der Waals surface area (Å²) >= 11 is 9.51. The number of hydrogen-bond acceptors (Lipinski definition) is 5. The Balaban J connectivity index is 1.67. The molecule has 1 unspecified atom stereocenters. The van der Waals surface area contributed by atoms with Gasteiger partial charge in [-0.05, 0) is 60.9 Å².